The first-order valence-corrected chi connectivity index (χ1v) is 6.28. The largest absolute Gasteiger partial charge is 0.493 e. The summed E-state index contributed by atoms with van der Waals surface area (Å²) in [6.07, 6.45) is 0. The van der Waals surface area contributed by atoms with Crippen molar-refractivity contribution in [3.8, 4) is 22.6 Å². The van der Waals surface area contributed by atoms with Crippen LogP contribution in [0.15, 0.2) is 36.4 Å². The Morgan fingerprint density at radius 3 is 2.42 bits per heavy atom. The number of benzene rings is 2. The van der Waals surface area contributed by atoms with Crippen LogP contribution in [0, 0.1) is 0 Å². The summed E-state index contributed by atoms with van der Waals surface area (Å²) < 4.78 is 10.7. The smallest absolute Gasteiger partial charge is 0.165 e. The van der Waals surface area contributed by atoms with Gasteiger partial charge in [-0.1, -0.05) is 23.7 Å². The zero-order valence-electron chi connectivity index (χ0n) is 10.9. The Morgan fingerprint density at radius 1 is 1.05 bits per heavy atom. The molecule has 0 saturated carbocycles. The first kappa shape index (κ1) is 13.7. The van der Waals surface area contributed by atoms with E-state index in [1.807, 2.05) is 36.4 Å². The number of hydrogen-bond donors (Lipinski definition) is 1. The van der Waals surface area contributed by atoms with E-state index in [2.05, 4.69) is 0 Å². The predicted molar refractivity (Wildman–Crippen MR) is 77.9 cm³/mol. The molecule has 2 N–H and O–H groups in total. The van der Waals surface area contributed by atoms with Gasteiger partial charge in [-0.2, -0.15) is 0 Å². The van der Waals surface area contributed by atoms with Gasteiger partial charge in [0.2, 0.25) is 0 Å². The van der Waals surface area contributed by atoms with Crippen LogP contribution in [0.3, 0.4) is 0 Å². The SMILES string of the molecule is COc1cc(-c2cccc(Cl)c2)cc(CN)c1OC. The van der Waals surface area contributed by atoms with E-state index in [4.69, 9.17) is 26.8 Å². The molecule has 0 saturated heterocycles. The topological polar surface area (TPSA) is 44.5 Å². The zero-order chi connectivity index (χ0) is 13.8. The first-order chi connectivity index (χ1) is 9.19. The van der Waals surface area contributed by atoms with Crippen molar-refractivity contribution in [1.29, 1.82) is 0 Å². The maximum absolute atomic E-state index is 6.02. The molecule has 0 aromatic heterocycles. The molecule has 0 spiro atoms. The van der Waals surface area contributed by atoms with Crippen LogP contribution in [-0.2, 0) is 6.54 Å². The molecule has 0 fully saturated rings. The molecule has 2 aromatic rings. The lowest BCUT2D eigenvalue weighted by Crippen LogP contribution is -2.02. The number of halogens is 1. The van der Waals surface area contributed by atoms with Crippen molar-refractivity contribution in [3.05, 3.63) is 47.0 Å². The highest BCUT2D eigenvalue weighted by atomic mass is 35.5. The normalized spacial score (nSPS) is 10.3. The Bertz CT molecular complexity index is 559. The molecule has 100 valence electrons. The minimum atomic E-state index is 0.383. The van der Waals surface area contributed by atoms with E-state index in [-0.39, 0.29) is 0 Å². The molecule has 0 atom stereocenters. The highest BCUT2D eigenvalue weighted by Gasteiger charge is 2.12. The predicted octanol–water partition coefficient (Wildman–Crippen LogP) is 3.48. The summed E-state index contributed by atoms with van der Waals surface area (Å²) in [5.41, 5.74) is 8.68. The van der Waals surface area contributed by atoms with E-state index in [9.17, 15) is 0 Å². The third kappa shape index (κ3) is 2.83. The number of methoxy groups -OCH3 is 2. The maximum atomic E-state index is 6.02. The lowest BCUT2D eigenvalue weighted by atomic mass is 10.0. The van der Waals surface area contributed by atoms with E-state index in [1.165, 1.54) is 0 Å². The summed E-state index contributed by atoms with van der Waals surface area (Å²) in [5, 5.41) is 0.696. The highest BCUT2D eigenvalue weighted by molar-refractivity contribution is 6.30. The highest BCUT2D eigenvalue weighted by Crippen LogP contribution is 2.36. The van der Waals surface area contributed by atoms with Crippen LogP contribution in [0.4, 0.5) is 0 Å². The van der Waals surface area contributed by atoms with Crippen molar-refractivity contribution in [2.75, 3.05) is 14.2 Å². The van der Waals surface area contributed by atoms with Crippen molar-refractivity contribution < 1.29 is 9.47 Å². The van der Waals surface area contributed by atoms with Gasteiger partial charge in [0.25, 0.3) is 0 Å². The molecular weight excluding hydrogens is 262 g/mol. The second-order valence-electron chi connectivity index (χ2n) is 4.09. The molecule has 0 amide bonds. The van der Waals surface area contributed by atoms with Crippen molar-refractivity contribution in [2.45, 2.75) is 6.54 Å². The Balaban J connectivity index is 2.59. The van der Waals surface area contributed by atoms with Gasteiger partial charge < -0.3 is 15.2 Å². The van der Waals surface area contributed by atoms with Crippen LogP contribution in [0.25, 0.3) is 11.1 Å². The van der Waals surface area contributed by atoms with Crippen molar-refractivity contribution in [2.24, 2.45) is 5.73 Å². The molecule has 0 aliphatic carbocycles. The molecule has 0 radical (unpaired) electrons. The van der Waals surface area contributed by atoms with Crippen molar-refractivity contribution in [1.82, 2.24) is 0 Å². The summed E-state index contributed by atoms with van der Waals surface area (Å²) >= 11 is 6.02. The standard InChI is InChI=1S/C15H16ClNO2/c1-18-14-8-11(6-12(9-17)15(14)19-2)10-4-3-5-13(16)7-10/h3-8H,9,17H2,1-2H3. The summed E-state index contributed by atoms with van der Waals surface area (Å²) in [5.74, 6) is 1.34. The monoisotopic (exact) mass is 277 g/mol. The minimum Gasteiger partial charge on any atom is -0.493 e. The zero-order valence-corrected chi connectivity index (χ0v) is 11.7. The number of hydrogen-bond acceptors (Lipinski definition) is 3. The molecule has 0 heterocycles. The average Bonchev–Trinajstić information content (AvgIpc) is 2.45. The average molecular weight is 278 g/mol. The molecule has 0 aliphatic rings. The molecular formula is C15H16ClNO2. The molecule has 0 bridgehead atoms. The minimum absolute atomic E-state index is 0.383. The Hall–Kier alpha value is -1.71. The van der Waals surface area contributed by atoms with E-state index in [1.54, 1.807) is 14.2 Å². The van der Waals surface area contributed by atoms with Crippen LogP contribution in [0.2, 0.25) is 5.02 Å². The van der Waals surface area contributed by atoms with Crippen LogP contribution in [-0.4, -0.2) is 14.2 Å². The van der Waals surface area contributed by atoms with Gasteiger partial charge in [0.15, 0.2) is 11.5 Å². The van der Waals surface area contributed by atoms with Gasteiger partial charge in [-0.15, -0.1) is 0 Å². The molecule has 4 heteroatoms. The number of rotatable bonds is 4. The fraction of sp³-hybridized carbons (Fsp3) is 0.200. The van der Waals surface area contributed by atoms with Gasteiger partial charge in [-0.05, 0) is 35.4 Å². The Kier molecular flexibility index (Phi) is 4.30. The summed E-state index contributed by atoms with van der Waals surface area (Å²) in [6.45, 7) is 0.383. The van der Waals surface area contributed by atoms with Gasteiger partial charge in [0.05, 0.1) is 14.2 Å². The summed E-state index contributed by atoms with van der Waals surface area (Å²) in [6, 6.07) is 11.6. The van der Waals surface area contributed by atoms with Crippen molar-refractivity contribution >= 4 is 11.6 Å². The third-order valence-corrected chi connectivity index (χ3v) is 3.17. The third-order valence-electron chi connectivity index (χ3n) is 2.93. The second-order valence-corrected chi connectivity index (χ2v) is 4.52. The second kappa shape index (κ2) is 5.95. The lowest BCUT2D eigenvalue weighted by molar-refractivity contribution is 0.352. The van der Waals surface area contributed by atoms with Gasteiger partial charge >= 0.3 is 0 Å². The quantitative estimate of drug-likeness (QED) is 0.930. The fourth-order valence-corrected chi connectivity index (χ4v) is 2.22. The van der Waals surface area contributed by atoms with E-state index in [0.29, 0.717) is 23.1 Å². The Labute approximate surface area is 117 Å². The maximum Gasteiger partial charge on any atom is 0.165 e. The van der Waals surface area contributed by atoms with Crippen LogP contribution >= 0.6 is 11.6 Å². The van der Waals surface area contributed by atoms with Crippen LogP contribution in [0.5, 0.6) is 11.5 Å². The van der Waals surface area contributed by atoms with Crippen LogP contribution < -0.4 is 15.2 Å². The lowest BCUT2D eigenvalue weighted by Gasteiger charge is -2.14. The van der Waals surface area contributed by atoms with Gasteiger partial charge in [0.1, 0.15) is 0 Å². The number of nitrogens with two attached hydrogens (primary N) is 1. The molecule has 3 nitrogen and oxygen atoms in total. The molecule has 2 aromatic carbocycles. The van der Waals surface area contributed by atoms with E-state index < -0.39 is 0 Å². The first-order valence-electron chi connectivity index (χ1n) is 5.90. The summed E-state index contributed by atoms with van der Waals surface area (Å²) in [4.78, 5) is 0. The summed E-state index contributed by atoms with van der Waals surface area (Å²) in [7, 11) is 3.22. The van der Waals surface area contributed by atoms with Gasteiger partial charge in [0, 0.05) is 17.1 Å². The van der Waals surface area contributed by atoms with Gasteiger partial charge in [-0.3, -0.25) is 0 Å². The Morgan fingerprint density at radius 2 is 1.84 bits per heavy atom. The number of ether oxygens (including phenoxy) is 2. The molecule has 2 rings (SSSR count). The molecule has 19 heavy (non-hydrogen) atoms. The van der Waals surface area contributed by atoms with Gasteiger partial charge in [-0.25, -0.2) is 0 Å². The van der Waals surface area contributed by atoms with E-state index in [0.717, 1.165) is 16.7 Å². The molecule has 0 aliphatic heterocycles. The molecule has 0 unspecified atom stereocenters. The fourth-order valence-electron chi connectivity index (χ4n) is 2.03. The van der Waals surface area contributed by atoms with Crippen LogP contribution in [0.1, 0.15) is 5.56 Å². The van der Waals surface area contributed by atoms with Crippen molar-refractivity contribution in [3.63, 3.8) is 0 Å². The van der Waals surface area contributed by atoms with E-state index >= 15 is 0 Å².